The van der Waals surface area contributed by atoms with Crippen molar-refractivity contribution in [2.24, 2.45) is 5.92 Å². The molecule has 2 nitrogen and oxygen atoms in total. The molecule has 1 fully saturated rings. The van der Waals surface area contributed by atoms with E-state index in [2.05, 4.69) is 55.6 Å². The summed E-state index contributed by atoms with van der Waals surface area (Å²) in [5.41, 5.74) is 3.60. The highest BCUT2D eigenvalue weighted by Crippen LogP contribution is 2.31. The third kappa shape index (κ3) is 3.38. The molecule has 1 atom stereocenters. The second-order valence-electron chi connectivity index (χ2n) is 6.45. The lowest BCUT2D eigenvalue weighted by Gasteiger charge is -2.20. The summed E-state index contributed by atoms with van der Waals surface area (Å²) < 4.78 is 0. The van der Waals surface area contributed by atoms with Crippen molar-refractivity contribution in [3.63, 3.8) is 0 Å². The van der Waals surface area contributed by atoms with Gasteiger partial charge >= 0.3 is 0 Å². The van der Waals surface area contributed by atoms with Gasteiger partial charge in [0.25, 0.3) is 0 Å². The van der Waals surface area contributed by atoms with Crippen LogP contribution in [0.25, 0.3) is 0 Å². The van der Waals surface area contributed by atoms with Crippen molar-refractivity contribution < 1.29 is 4.79 Å². The fraction of sp³-hybridized carbons (Fsp3) is 0.350. The Kier molecular flexibility index (Phi) is 4.28. The normalized spacial score (nSPS) is 15.6. The molecule has 1 aliphatic carbocycles. The highest BCUT2D eigenvalue weighted by atomic mass is 16.2. The van der Waals surface area contributed by atoms with Crippen LogP contribution in [0.2, 0.25) is 0 Å². The number of nitrogens with one attached hydrogen (secondary N) is 1. The minimum Gasteiger partial charge on any atom is -0.345 e. The molecule has 0 heterocycles. The van der Waals surface area contributed by atoms with Gasteiger partial charge < -0.3 is 5.32 Å². The van der Waals surface area contributed by atoms with Crippen LogP contribution in [-0.4, -0.2) is 5.91 Å². The predicted molar refractivity (Wildman–Crippen MR) is 89.7 cm³/mol. The summed E-state index contributed by atoms with van der Waals surface area (Å²) >= 11 is 0. The van der Waals surface area contributed by atoms with E-state index >= 15 is 0 Å². The van der Waals surface area contributed by atoms with Gasteiger partial charge in [-0.3, -0.25) is 4.79 Å². The van der Waals surface area contributed by atoms with Gasteiger partial charge in [0.1, 0.15) is 0 Å². The van der Waals surface area contributed by atoms with Crippen molar-refractivity contribution in [1.29, 1.82) is 0 Å². The molecule has 22 heavy (non-hydrogen) atoms. The fourth-order valence-electron chi connectivity index (χ4n) is 2.68. The molecule has 1 N–H and O–H groups in total. The summed E-state index contributed by atoms with van der Waals surface area (Å²) in [5.74, 6) is 0.924. The molecule has 1 saturated carbocycles. The van der Waals surface area contributed by atoms with Crippen LogP contribution in [0.5, 0.6) is 0 Å². The van der Waals surface area contributed by atoms with Gasteiger partial charge in [-0.2, -0.15) is 0 Å². The first kappa shape index (κ1) is 14.8. The molecule has 3 rings (SSSR count). The number of hydrogen-bond acceptors (Lipinski definition) is 1. The first-order valence-electron chi connectivity index (χ1n) is 8.10. The van der Waals surface area contributed by atoms with Crippen LogP contribution >= 0.6 is 0 Å². The zero-order chi connectivity index (χ0) is 15.5. The summed E-state index contributed by atoms with van der Waals surface area (Å²) in [5, 5.41) is 3.22. The van der Waals surface area contributed by atoms with Gasteiger partial charge in [-0.1, -0.05) is 68.4 Å². The molecule has 0 bridgehead atoms. The molecular weight excluding hydrogens is 270 g/mol. The first-order chi connectivity index (χ1) is 10.6. The zero-order valence-electron chi connectivity index (χ0n) is 13.3. The molecule has 114 valence electrons. The van der Waals surface area contributed by atoms with Gasteiger partial charge in [0, 0.05) is 5.92 Å². The zero-order valence-corrected chi connectivity index (χ0v) is 13.3. The highest BCUT2D eigenvalue weighted by molar-refractivity contribution is 5.81. The molecule has 1 aliphatic rings. The summed E-state index contributed by atoms with van der Waals surface area (Å²) in [6, 6.07) is 18.8. The summed E-state index contributed by atoms with van der Waals surface area (Å²) in [6.45, 7) is 4.39. The summed E-state index contributed by atoms with van der Waals surface area (Å²) in [6.07, 6.45) is 2.05. The van der Waals surface area contributed by atoms with Gasteiger partial charge in [-0.05, 0) is 35.4 Å². The third-order valence-electron chi connectivity index (χ3n) is 4.30. The molecular formula is C20H23NO. The average molecular weight is 293 g/mol. The molecule has 2 aromatic rings. The van der Waals surface area contributed by atoms with Gasteiger partial charge in [0.05, 0.1) is 6.04 Å². The van der Waals surface area contributed by atoms with Crippen molar-refractivity contribution >= 4 is 5.91 Å². The van der Waals surface area contributed by atoms with E-state index in [0.717, 1.165) is 24.0 Å². The van der Waals surface area contributed by atoms with Crippen LogP contribution in [-0.2, 0) is 4.79 Å². The fourth-order valence-corrected chi connectivity index (χ4v) is 2.68. The first-order valence-corrected chi connectivity index (χ1v) is 8.10. The molecule has 2 heteroatoms. The highest BCUT2D eigenvalue weighted by Gasteiger charge is 2.31. The topological polar surface area (TPSA) is 29.1 Å². The number of rotatable bonds is 5. The Bertz CT molecular complexity index is 627. The number of hydrogen-bond donors (Lipinski definition) is 1. The molecule has 0 radical (unpaired) electrons. The average Bonchev–Trinajstić information content (AvgIpc) is 3.38. The molecule has 1 unspecified atom stereocenters. The maximum Gasteiger partial charge on any atom is 0.223 e. The van der Waals surface area contributed by atoms with Crippen LogP contribution in [0.15, 0.2) is 54.6 Å². The lowest BCUT2D eigenvalue weighted by molar-refractivity contribution is -0.122. The van der Waals surface area contributed by atoms with Crippen molar-refractivity contribution in [2.45, 2.75) is 38.6 Å². The molecule has 2 aromatic carbocycles. The standard InChI is InChI=1S/C20H23NO/c1-14(2)15-8-10-17(11-9-15)19(16-6-4-3-5-7-16)21-20(22)18-12-13-18/h3-11,14,18-19H,12-13H2,1-2H3,(H,21,22). The Hall–Kier alpha value is -2.09. The van der Waals surface area contributed by atoms with E-state index in [9.17, 15) is 4.79 Å². The van der Waals surface area contributed by atoms with Crippen LogP contribution in [0.3, 0.4) is 0 Å². The Balaban J connectivity index is 1.88. The molecule has 0 spiro atoms. The second-order valence-corrected chi connectivity index (χ2v) is 6.45. The van der Waals surface area contributed by atoms with E-state index in [4.69, 9.17) is 0 Å². The summed E-state index contributed by atoms with van der Waals surface area (Å²) in [7, 11) is 0. The van der Waals surface area contributed by atoms with E-state index in [1.165, 1.54) is 5.56 Å². The number of amides is 1. The van der Waals surface area contributed by atoms with Crippen molar-refractivity contribution in [1.82, 2.24) is 5.32 Å². The Morgan fingerprint density at radius 3 is 2.00 bits per heavy atom. The monoisotopic (exact) mass is 293 g/mol. The predicted octanol–water partition coefficient (Wildman–Crippen LogP) is 4.43. The minimum atomic E-state index is -0.0597. The van der Waals surface area contributed by atoms with Crippen molar-refractivity contribution in [3.05, 3.63) is 71.3 Å². The van der Waals surface area contributed by atoms with Crippen molar-refractivity contribution in [3.8, 4) is 0 Å². The molecule has 0 aromatic heterocycles. The maximum atomic E-state index is 12.2. The van der Waals surface area contributed by atoms with Gasteiger partial charge in [-0.15, -0.1) is 0 Å². The van der Waals surface area contributed by atoms with Crippen LogP contribution < -0.4 is 5.32 Å². The molecule has 0 saturated heterocycles. The Morgan fingerprint density at radius 1 is 0.909 bits per heavy atom. The SMILES string of the molecule is CC(C)c1ccc(C(NC(=O)C2CC2)c2ccccc2)cc1. The van der Waals surface area contributed by atoms with Gasteiger partial charge in [0.2, 0.25) is 5.91 Å². The third-order valence-corrected chi connectivity index (χ3v) is 4.30. The number of benzene rings is 2. The van der Waals surface area contributed by atoms with E-state index in [0.29, 0.717) is 5.92 Å². The van der Waals surface area contributed by atoms with Gasteiger partial charge in [0.15, 0.2) is 0 Å². The van der Waals surface area contributed by atoms with Crippen LogP contribution in [0, 0.1) is 5.92 Å². The Labute approximate surface area is 132 Å². The van der Waals surface area contributed by atoms with Gasteiger partial charge in [-0.25, -0.2) is 0 Å². The lowest BCUT2D eigenvalue weighted by Crippen LogP contribution is -2.30. The minimum absolute atomic E-state index is 0.0597. The second kappa shape index (κ2) is 6.35. The van der Waals surface area contributed by atoms with Crippen LogP contribution in [0.1, 0.15) is 55.3 Å². The van der Waals surface area contributed by atoms with E-state index in [-0.39, 0.29) is 17.9 Å². The van der Waals surface area contributed by atoms with Crippen molar-refractivity contribution in [2.75, 3.05) is 0 Å². The van der Waals surface area contributed by atoms with E-state index in [1.807, 2.05) is 18.2 Å². The number of carbonyl (C=O) groups is 1. The molecule has 0 aliphatic heterocycles. The van der Waals surface area contributed by atoms with E-state index in [1.54, 1.807) is 0 Å². The largest absolute Gasteiger partial charge is 0.345 e. The quantitative estimate of drug-likeness (QED) is 0.868. The number of carbonyl (C=O) groups excluding carboxylic acids is 1. The van der Waals surface area contributed by atoms with E-state index < -0.39 is 0 Å². The lowest BCUT2D eigenvalue weighted by atomic mass is 9.95. The smallest absolute Gasteiger partial charge is 0.223 e. The molecule has 1 amide bonds. The van der Waals surface area contributed by atoms with Crippen LogP contribution in [0.4, 0.5) is 0 Å². The Morgan fingerprint density at radius 2 is 1.45 bits per heavy atom. The maximum absolute atomic E-state index is 12.2. The summed E-state index contributed by atoms with van der Waals surface area (Å²) in [4.78, 5) is 12.2.